The summed E-state index contributed by atoms with van der Waals surface area (Å²) in [5, 5.41) is 18.7. The Morgan fingerprint density at radius 2 is 1.81 bits per heavy atom. The van der Waals surface area contributed by atoms with Crippen molar-refractivity contribution in [1.29, 1.82) is 10.5 Å². The fraction of sp³-hybridized carbons (Fsp3) is 0.355. The van der Waals surface area contributed by atoms with Crippen LogP contribution in [0.25, 0.3) is 17.3 Å². The molecule has 0 atom stereocenters. The lowest BCUT2D eigenvalue weighted by Gasteiger charge is -2.32. The van der Waals surface area contributed by atoms with Gasteiger partial charge >= 0.3 is 0 Å². The minimum atomic E-state index is -0.458. The third kappa shape index (κ3) is 5.88. The predicted molar refractivity (Wildman–Crippen MR) is 148 cm³/mol. The average Bonchev–Trinajstić information content (AvgIpc) is 2.90. The molecule has 1 fully saturated rings. The van der Waals surface area contributed by atoms with Crippen molar-refractivity contribution < 1.29 is 0 Å². The van der Waals surface area contributed by atoms with Crippen LogP contribution in [-0.2, 0) is 5.41 Å². The van der Waals surface area contributed by atoms with E-state index in [2.05, 4.69) is 64.3 Å². The van der Waals surface area contributed by atoms with Crippen molar-refractivity contribution in [2.75, 3.05) is 25.4 Å². The number of aryl methyl sites for hydroxylation is 1. The summed E-state index contributed by atoms with van der Waals surface area (Å²) in [5.74, 6) is 0.554. The molecule has 0 saturated carbocycles. The molecule has 0 bridgehead atoms. The molecule has 0 aliphatic carbocycles. The van der Waals surface area contributed by atoms with Crippen molar-refractivity contribution in [3.05, 3.63) is 82.3 Å². The molecule has 3 aromatic rings. The second-order valence-electron chi connectivity index (χ2n) is 10.5. The molecule has 4 rings (SSSR count). The Kier molecular flexibility index (Phi) is 7.71. The van der Waals surface area contributed by atoms with E-state index in [1.165, 1.54) is 11.1 Å². The molecule has 1 aliphatic heterocycles. The van der Waals surface area contributed by atoms with E-state index in [4.69, 9.17) is 5.73 Å². The Morgan fingerprint density at radius 3 is 2.46 bits per heavy atom. The van der Waals surface area contributed by atoms with Crippen LogP contribution in [0.3, 0.4) is 0 Å². The average molecular weight is 491 g/mol. The lowest BCUT2D eigenvalue weighted by atomic mass is 9.83. The third-order valence-corrected chi connectivity index (χ3v) is 7.33. The van der Waals surface area contributed by atoms with Gasteiger partial charge in [0.2, 0.25) is 0 Å². The fourth-order valence-electron chi connectivity index (χ4n) is 5.00. The van der Waals surface area contributed by atoms with Gasteiger partial charge in [0.25, 0.3) is 0 Å². The summed E-state index contributed by atoms with van der Waals surface area (Å²) in [7, 11) is 0. The quantitative estimate of drug-likeness (QED) is 0.455. The molecular weight excluding hydrogens is 456 g/mol. The van der Waals surface area contributed by atoms with Gasteiger partial charge in [-0.05, 0) is 88.9 Å². The van der Waals surface area contributed by atoms with Crippen molar-refractivity contribution in [3.8, 4) is 23.4 Å². The van der Waals surface area contributed by atoms with Gasteiger partial charge in [-0.3, -0.25) is 9.88 Å². The number of aromatic nitrogens is 2. The van der Waals surface area contributed by atoms with Crippen LogP contribution in [0, 0.1) is 29.6 Å². The first kappa shape index (κ1) is 26.1. The Labute approximate surface area is 220 Å². The molecule has 1 aromatic carbocycles. The first-order chi connectivity index (χ1) is 17.7. The molecule has 1 aliphatic rings. The number of piperidine rings is 1. The second-order valence-corrected chi connectivity index (χ2v) is 10.5. The molecule has 2 aromatic heterocycles. The van der Waals surface area contributed by atoms with E-state index in [-0.39, 0.29) is 5.69 Å². The van der Waals surface area contributed by atoms with Crippen molar-refractivity contribution in [2.45, 2.75) is 51.9 Å². The van der Waals surface area contributed by atoms with Gasteiger partial charge in [-0.25, -0.2) is 4.98 Å². The number of nitrogens with two attached hydrogens (primary N) is 1. The van der Waals surface area contributed by atoms with E-state index < -0.39 is 5.41 Å². The van der Waals surface area contributed by atoms with Gasteiger partial charge in [0.1, 0.15) is 6.07 Å². The number of rotatable bonds is 6. The lowest BCUT2D eigenvalue weighted by molar-refractivity contribution is 0.228. The summed E-state index contributed by atoms with van der Waals surface area (Å²) >= 11 is 0. The molecule has 0 amide bonds. The largest absolute Gasteiger partial charge is 0.396 e. The number of nitrogen functional groups attached to an aromatic ring is 1. The fourth-order valence-corrected chi connectivity index (χ4v) is 5.00. The van der Waals surface area contributed by atoms with Gasteiger partial charge in [-0.1, -0.05) is 35.9 Å². The van der Waals surface area contributed by atoms with Crippen LogP contribution < -0.4 is 5.73 Å². The van der Waals surface area contributed by atoms with Crippen LogP contribution in [-0.4, -0.2) is 34.5 Å². The first-order valence-electron chi connectivity index (χ1n) is 12.8. The molecule has 3 heterocycles. The highest BCUT2D eigenvalue weighted by molar-refractivity contribution is 5.76. The van der Waals surface area contributed by atoms with Gasteiger partial charge in [0.05, 0.1) is 22.9 Å². The highest BCUT2D eigenvalue weighted by Gasteiger charge is 2.23. The number of hydrogen-bond donors (Lipinski definition) is 1. The normalized spacial score (nSPS) is 15.2. The smallest absolute Gasteiger partial charge is 0.164 e. The maximum Gasteiger partial charge on any atom is 0.164 e. The monoisotopic (exact) mass is 490 g/mol. The molecule has 0 spiro atoms. The summed E-state index contributed by atoms with van der Waals surface area (Å²) < 4.78 is 0. The summed E-state index contributed by atoms with van der Waals surface area (Å²) in [6.45, 7) is 11.1. The van der Waals surface area contributed by atoms with Crippen LogP contribution in [0.15, 0.2) is 54.2 Å². The summed E-state index contributed by atoms with van der Waals surface area (Å²) in [4.78, 5) is 11.5. The summed E-state index contributed by atoms with van der Waals surface area (Å²) in [6, 6.07) is 18.6. The van der Waals surface area contributed by atoms with Gasteiger partial charge in [-0.2, -0.15) is 10.5 Å². The van der Waals surface area contributed by atoms with Gasteiger partial charge in [0, 0.05) is 29.6 Å². The zero-order chi connectivity index (χ0) is 26.6. The number of anilines is 1. The number of nitriles is 2. The minimum absolute atomic E-state index is 0.241. The summed E-state index contributed by atoms with van der Waals surface area (Å²) in [6.07, 6.45) is 6.22. The van der Waals surface area contributed by atoms with E-state index in [0.29, 0.717) is 11.6 Å². The van der Waals surface area contributed by atoms with E-state index >= 15 is 0 Å². The van der Waals surface area contributed by atoms with Crippen molar-refractivity contribution in [2.24, 2.45) is 0 Å². The van der Waals surface area contributed by atoms with E-state index in [0.717, 1.165) is 60.6 Å². The highest BCUT2D eigenvalue weighted by Crippen LogP contribution is 2.31. The predicted octanol–water partition coefficient (Wildman–Crippen LogP) is 5.99. The van der Waals surface area contributed by atoms with Crippen LogP contribution in [0.4, 0.5) is 5.69 Å². The maximum atomic E-state index is 9.40. The Balaban J connectivity index is 1.44. The maximum absolute atomic E-state index is 9.40. The van der Waals surface area contributed by atoms with E-state index in [1.54, 1.807) is 12.3 Å². The highest BCUT2D eigenvalue weighted by atomic mass is 15.1. The molecule has 6 nitrogen and oxygen atoms in total. The molecule has 6 heteroatoms. The second kappa shape index (κ2) is 10.9. The van der Waals surface area contributed by atoms with Gasteiger partial charge in [-0.15, -0.1) is 0 Å². The van der Waals surface area contributed by atoms with Gasteiger partial charge < -0.3 is 5.73 Å². The number of likely N-dealkylation sites (tertiary alicyclic amines) is 1. The topological polar surface area (TPSA) is 103 Å². The molecule has 37 heavy (non-hydrogen) atoms. The Bertz CT molecular complexity index is 1380. The van der Waals surface area contributed by atoms with Crippen molar-refractivity contribution in [3.63, 3.8) is 0 Å². The van der Waals surface area contributed by atoms with Crippen LogP contribution in [0.5, 0.6) is 0 Å². The van der Waals surface area contributed by atoms with E-state index in [1.807, 2.05) is 32.9 Å². The molecular formula is C31H34N6. The van der Waals surface area contributed by atoms with Gasteiger partial charge in [0.15, 0.2) is 5.69 Å². The molecule has 0 unspecified atom stereocenters. The standard InChI is InChI=1S/C31H34N6/c1-21(17-27-22(2)35-14-11-26(27)29-10-9-28(34)30(18-32)36-29)19-37-15-12-24(13-16-37)23-5-7-25(8-6-23)31(3,4)20-33/h5-11,14,17,24H,12-13,15-16,19,34H2,1-4H3/b21-17+. The zero-order valence-corrected chi connectivity index (χ0v) is 22.1. The van der Waals surface area contributed by atoms with Crippen molar-refractivity contribution in [1.82, 2.24) is 14.9 Å². The molecule has 188 valence electrons. The zero-order valence-electron chi connectivity index (χ0n) is 22.1. The van der Waals surface area contributed by atoms with Crippen molar-refractivity contribution >= 4 is 11.8 Å². The minimum Gasteiger partial charge on any atom is -0.396 e. The van der Waals surface area contributed by atoms with E-state index in [9.17, 15) is 10.5 Å². The molecule has 1 saturated heterocycles. The molecule has 0 radical (unpaired) electrons. The number of benzene rings is 1. The lowest BCUT2D eigenvalue weighted by Crippen LogP contribution is -2.34. The van der Waals surface area contributed by atoms with Crippen LogP contribution in [0.1, 0.15) is 67.6 Å². The first-order valence-corrected chi connectivity index (χ1v) is 12.8. The summed E-state index contributed by atoms with van der Waals surface area (Å²) in [5.41, 5.74) is 13.4. The Hall–Kier alpha value is -4.00. The van der Waals surface area contributed by atoms with Crippen LogP contribution >= 0.6 is 0 Å². The van der Waals surface area contributed by atoms with Crippen LogP contribution in [0.2, 0.25) is 0 Å². The molecule has 2 N–H and O–H groups in total. The Morgan fingerprint density at radius 1 is 1.11 bits per heavy atom. The number of pyridine rings is 2. The SMILES string of the molecule is C/C(=C\c1c(-c2ccc(N)c(C#N)n2)ccnc1C)CN1CCC(c2ccc(C(C)(C)C#N)cc2)CC1. The third-order valence-electron chi connectivity index (χ3n) is 7.33. The number of hydrogen-bond acceptors (Lipinski definition) is 6. The number of nitrogens with zero attached hydrogens (tertiary/aromatic N) is 5.